The Morgan fingerprint density at radius 2 is 2.14 bits per heavy atom. The maximum atomic E-state index is 11.3. The van der Waals surface area contributed by atoms with Crippen LogP contribution < -0.4 is 0 Å². The fourth-order valence-corrected chi connectivity index (χ4v) is 2.21. The van der Waals surface area contributed by atoms with E-state index in [1.807, 2.05) is 25.3 Å². The molecular formula is C12H15NO. The maximum Gasteiger partial charge on any atom is 0.180 e. The Labute approximate surface area is 84.4 Å². The summed E-state index contributed by atoms with van der Waals surface area (Å²) >= 11 is 0. The second-order valence-corrected chi connectivity index (χ2v) is 4.88. The number of hydrogen-bond acceptors (Lipinski definition) is 2. The molecule has 0 saturated heterocycles. The molecule has 2 nitrogen and oxygen atoms in total. The van der Waals surface area contributed by atoms with Crippen molar-refractivity contribution < 1.29 is 4.79 Å². The van der Waals surface area contributed by atoms with Gasteiger partial charge >= 0.3 is 0 Å². The Morgan fingerprint density at radius 3 is 2.64 bits per heavy atom. The highest BCUT2D eigenvalue weighted by molar-refractivity contribution is 6.06. The summed E-state index contributed by atoms with van der Waals surface area (Å²) in [6.07, 6.45) is 8.61. The second-order valence-electron chi connectivity index (χ2n) is 4.88. The van der Waals surface area contributed by atoms with Crippen molar-refractivity contribution in [3.63, 3.8) is 0 Å². The van der Waals surface area contributed by atoms with E-state index in [0.717, 1.165) is 12.0 Å². The van der Waals surface area contributed by atoms with E-state index in [4.69, 9.17) is 0 Å². The minimum atomic E-state index is -0.0957. The van der Waals surface area contributed by atoms with Crippen LogP contribution in [0.2, 0.25) is 0 Å². The van der Waals surface area contributed by atoms with Crippen LogP contribution in [-0.4, -0.2) is 17.5 Å². The Kier molecular flexibility index (Phi) is 1.78. The van der Waals surface area contributed by atoms with Crippen LogP contribution in [0.25, 0.3) is 0 Å². The average molecular weight is 189 g/mol. The van der Waals surface area contributed by atoms with Crippen molar-refractivity contribution >= 4 is 12.0 Å². The molecule has 0 bridgehead atoms. The fraction of sp³-hybridized carbons (Fsp3) is 0.500. The highest BCUT2D eigenvalue weighted by atomic mass is 16.1. The molecule has 2 rings (SSSR count). The average Bonchev–Trinajstić information content (AvgIpc) is 2.36. The first-order valence-electron chi connectivity index (χ1n) is 4.92. The van der Waals surface area contributed by atoms with Gasteiger partial charge < -0.3 is 0 Å². The van der Waals surface area contributed by atoms with E-state index in [0.29, 0.717) is 0 Å². The minimum Gasteiger partial charge on any atom is -0.290 e. The van der Waals surface area contributed by atoms with Crippen LogP contribution in [0, 0.1) is 5.41 Å². The number of allylic oxidation sites excluding steroid dienone is 4. The van der Waals surface area contributed by atoms with Crippen LogP contribution >= 0.6 is 0 Å². The quantitative estimate of drug-likeness (QED) is 0.575. The molecule has 0 amide bonds. The summed E-state index contributed by atoms with van der Waals surface area (Å²) in [6, 6.07) is 0. The van der Waals surface area contributed by atoms with Crippen molar-refractivity contribution in [1.29, 1.82) is 0 Å². The van der Waals surface area contributed by atoms with Gasteiger partial charge in [0.05, 0.1) is 5.54 Å². The highest BCUT2D eigenvalue weighted by Crippen LogP contribution is 2.40. The molecule has 1 aliphatic carbocycles. The lowest BCUT2D eigenvalue weighted by atomic mass is 9.77. The van der Waals surface area contributed by atoms with E-state index in [-0.39, 0.29) is 16.7 Å². The molecule has 1 spiro atoms. The molecule has 74 valence electrons. The predicted octanol–water partition coefficient (Wildman–Crippen LogP) is 2.31. The van der Waals surface area contributed by atoms with E-state index < -0.39 is 0 Å². The van der Waals surface area contributed by atoms with Gasteiger partial charge in [-0.05, 0) is 38.8 Å². The maximum absolute atomic E-state index is 11.3. The van der Waals surface area contributed by atoms with E-state index in [1.165, 1.54) is 0 Å². The molecule has 14 heavy (non-hydrogen) atoms. The number of aliphatic imine (C=N–C) groups is 1. The lowest BCUT2D eigenvalue weighted by Crippen LogP contribution is -2.24. The minimum absolute atomic E-state index is 0.00150. The SMILES string of the molecule is CC1=CC2(C=CC1=O)C=NC(C)(C)C2. The molecule has 1 heterocycles. The van der Waals surface area contributed by atoms with Gasteiger partial charge in [-0.25, -0.2) is 0 Å². The third-order valence-corrected chi connectivity index (χ3v) is 2.81. The number of carbonyl (C=O) groups excluding carboxylic acids is 1. The largest absolute Gasteiger partial charge is 0.290 e. The molecule has 0 saturated carbocycles. The number of rotatable bonds is 0. The summed E-state index contributed by atoms with van der Waals surface area (Å²) in [5, 5.41) is 0. The van der Waals surface area contributed by atoms with Crippen molar-refractivity contribution in [2.45, 2.75) is 32.7 Å². The normalized spacial score (nSPS) is 33.9. The van der Waals surface area contributed by atoms with Gasteiger partial charge in [-0.15, -0.1) is 0 Å². The molecule has 0 aromatic carbocycles. The second kappa shape index (κ2) is 2.66. The first kappa shape index (κ1) is 9.38. The molecule has 1 aliphatic heterocycles. The summed E-state index contributed by atoms with van der Waals surface area (Å²) in [7, 11) is 0. The van der Waals surface area contributed by atoms with Crippen molar-refractivity contribution in [3.05, 3.63) is 23.8 Å². The number of carbonyl (C=O) groups is 1. The van der Waals surface area contributed by atoms with Crippen molar-refractivity contribution in [3.8, 4) is 0 Å². The third kappa shape index (κ3) is 1.45. The summed E-state index contributed by atoms with van der Waals surface area (Å²) in [4.78, 5) is 15.8. The van der Waals surface area contributed by atoms with Crippen molar-refractivity contribution in [1.82, 2.24) is 0 Å². The Balaban J connectivity index is 2.34. The van der Waals surface area contributed by atoms with Gasteiger partial charge in [0, 0.05) is 11.6 Å². The smallest absolute Gasteiger partial charge is 0.180 e. The first-order chi connectivity index (χ1) is 6.43. The van der Waals surface area contributed by atoms with Crippen molar-refractivity contribution in [2.75, 3.05) is 0 Å². The molecule has 0 aromatic heterocycles. The standard InChI is InChI=1S/C12H15NO/c1-9-6-12(5-4-10(9)14)7-11(2,3)13-8-12/h4-6,8H,7H2,1-3H3. The molecule has 0 aromatic rings. The summed E-state index contributed by atoms with van der Waals surface area (Å²) < 4.78 is 0. The predicted molar refractivity (Wildman–Crippen MR) is 57.5 cm³/mol. The zero-order valence-corrected chi connectivity index (χ0v) is 8.87. The van der Waals surface area contributed by atoms with Gasteiger partial charge in [0.25, 0.3) is 0 Å². The first-order valence-corrected chi connectivity index (χ1v) is 4.92. The monoisotopic (exact) mass is 189 g/mol. The molecule has 1 unspecified atom stereocenters. The summed E-state index contributed by atoms with van der Waals surface area (Å²) in [5.74, 6) is 0.119. The van der Waals surface area contributed by atoms with Crippen LogP contribution in [0.1, 0.15) is 27.2 Å². The van der Waals surface area contributed by atoms with Crippen LogP contribution in [0.5, 0.6) is 0 Å². The molecule has 0 N–H and O–H groups in total. The Morgan fingerprint density at radius 1 is 1.43 bits per heavy atom. The van der Waals surface area contributed by atoms with Crippen molar-refractivity contribution in [2.24, 2.45) is 10.4 Å². The van der Waals surface area contributed by atoms with E-state index in [1.54, 1.807) is 6.08 Å². The number of hydrogen-bond donors (Lipinski definition) is 0. The molecule has 1 atom stereocenters. The van der Waals surface area contributed by atoms with E-state index >= 15 is 0 Å². The molecule has 0 fully saturated rings. The van der Waals surface area contributed by atoms with E-state index in [2.05, 4.69) is 18.8 Å². The highest BCUT2D eigenvalue weighted by Gasteiger charge is 2.38. The van der Waals surface area contributed by atoms with Crippen LogP contribution in [-0.2, 0) is 4.79 Å². The zero-order valence-electron chi connectivity index (χ0n) is 8.87. The Hall–Kier alpha value is -1.18. The Bertz CT molecular complexity index is 374. The zero-order chi connectivity index (χ0) is 10.4. The lowest BCUT2D eigenvalue weighted by molar-refractivity contribution is -0.111. The summed E-state index contributed by atoms with van der Waals surface area (Å²) in [6.45, 7) is 6.10. The fourth-order valence-electron chi connectivity index (χ4n) is 2.21. The van der Waals surface area contributed by atoms with Gasteiger partial charge in [0.15, 0.2) is 5.78 Å². The number of ketones is 1. The van der Waals surface area contributed by atoms with Gasteiger partial charge in [-0.3, -0.25) is 9.79 Å². The molecule has 2 aliphatic rings. The molecule has 2 heteroatoms. The summed E-state index contributed by atoms with van der Waals surface area (Å²) in [5.41, 5.74) is 0.736. The molecule has 0 radical (unpaired) electrons. The van der Waals surface area contributed by atoms with E-state index in [9.17, 15) is 4.79 Å². The van der Waals surface area contributed by atoms with Crippen LogP contribution in [0.4, 0.5) is 0 Å². The van der Waals surface area contributed by atoms with Gasteiger partial charge in [0.2, 0.25) is 0 Å². The molecular weight excluding hydrogens is 174 g/mol. The van der Waals surface area contributed by atoms with Gasteiger partial charge in [0.1, 0.15) is 0 Å². The van der Waals surface area contributed by atoms with Crippen LogP contribution in [0.15, 0.2) is 28.8 Å². The number of nitrogens with zero attached hydrogens (tertiary/aromatic N) is 1. The van der Waals surface area contributed by atoms with Crippen LogP contribution in [0.3, 0.4) is 0 Å². The third-order valence-electron chi connectivity index (χ3n) is 2.81. The van der Waals surface area contributed by atoms with Gasteiger partial charge in [-0.1, -0.05) is 12.2 Å². The van der Waals surface area contributed by atoms with Gasteiger partial charge in [-0.2, -0.15) is 0 Å². The topological polar surface area (TPSA) is 29.4 Å². The lowest BCUT2D eigenvalue weighted by Gasteiger charge is -2.25.